The van der Waals surface area contributed by atoms with Crippen molar-refractivity contribution in [2.45, 2.75) is 45.1 Å². The number of halogens is 1. The first-order chi connectivity index (χ1) is 8.19. The fourth-order valence-electron chi connectivity index (χ4n) is 2.51. The molecule has 2 atom stereocenters. The minimum absolute atomic E-state index is 0.192. The molecule has 94 valence electrons. The molecule has 1 saturated carbocycles. The zero-order valence-corrected chi connectivity index (χ0v) is 10.3. The van der Waals surface area contributed by atoms with Gasteiger partial charge in [-0.05, 0) is 37.3 Å². The molecule has 0 amide bonds. The van der Waals surface area contributed by atoms with Gasteiger partial charge in [-0.2, -0.15) is 0 Å². The smallest absolute Gasteiger partial charge is 0.145 e. The summed E-state index contributed by atoms with van der Waals surface area (Å²) in [4.78, 5) is 0. The van der Waals surface area contributed by atoms with Crippen molar-refractivity contribution in [3.8, 4) is 5.75 Å². The average molecular weight is 237 g/mol. The van der Waals surface area contributed by atoms with Gasteiger partial charge in [0, 0.05) is 6.07 Å². The maximum atomic E-state index is 13.1. The first kappa shape index (κ1) is 12.2. The Bertz CT molecular complexity index is 380. The van der Waals surface area contributed by atoms with Crippen LogP contribution in [0.3, 0.4) is 0 Å². The van der Waals surface area contributed by atoms with Crippen molar-refractivity contribution in [1.82, 2.24) is 0 Å². The minimum Gasteiger partial charge on any atom is -0.488 e. The second-order valence-corrected chi connectivity index (χ2v) is 4.86. The van der Waals surface area contributed by atoms with Crippen molar-refractivity contribution in [3.05, 3.63) is 24.0 Å². The molecule has 2 nitrogen and oxygen atoms in total. The number of nitrogens with two attached hydrogens (primary N) is 1. The zero-order chi connectivity index (χ0) is 12.3. The Hall–Kier alpha value is -1.25. The van der Waals surface area contributed by atoms with Crippen LogP contribution < -0.4 is 10.5 Å². The van der Waals surface area contributed by atoms with Crippen LogP contribution >= 0.6 is 0 Å². The number of rotatable bonds is 3. The number of benzene rings is 1. The summed E-state index contributed by atoms with van der Waals surface area (Å²) < 4.78 is 18.9. The summed E-state index contributed by atoms with van der Waals surface area (Å²) in [5, 5.41) is 0. The summed E-state index contributed by atoms with van der Waals surface area (Å²) in [6, 6.07) is 4.30. The Morgan fingerprint density at radius 3 is 3.00 bits per heavy atom. The van der Waals surface area contributed by atoms with E-state index in [2.05, 4.69) is 6.92 Å². The maximum absolute atomic E-state index is 13.1. The van der Waals surface area contributed by atoms with Crippen LogP contribution in [0.5, 0.6) is 5.75 Å². The highest BCUT2D eigenvalue weighted by Gasteiger charge is 2.22. The molecule has 0 aromatic heterocycles. The molecular formula is C14H20FNO. The molecule has 2 rings (SSSR count). The first-order valence-electron chi connectivity index (χ1n) is 6.40. The Morgan fingerprint density at radius 2 is 2.24 bits per heavy atom. The molecule has 1 aromatic carbocycles. The quantitative estimate of drug-likeness (QED) is 0.812. The highest BCUT2D eigenvalue weighted by Crippen LogP contribution is 2.31. The topological polar surface area (TPSA) is 35.2 Å². The van der Waals surface area contributed by atoms with E-state index in [9.17, 15) is 4.39 Å². The van der Waals surface area contributed by atoms with E-state index >= 15 is 0 Å². The molecule has 0 bridgehead atoms. The van der Waals surface area contributed by atoms with Gasteiger partial charge in [0.25, 0.3) is 0 Å². The van der Waals surface area contributed by atoms with Crippen LogP contribution in [0.4, 0.5) is 10.1 Å². The van der Waals surface area contributed by atoms with Crippen molar-refractivity contribution in [3.63, 3.8) is 0 Å². The predicted molar refractivity (Wildman–Crippen MR) is 67.5 cm³/mol. The normalized spacial score (nSPS) is 24.6. The van der Waals surface area contributed by atoms with E-state index < -0.39 is 0 Å². The van der Waals surface area contributed by atoms with Crippen LogP contribution in [0.1, 0.15) is 39.0 Å². The number of ether oxygens (including phenoxy) is 1. The Labute approximate surface area is 102 Å². The predicted octanol–water partition coefficient (Wildman–Crippen LogP) is 3.76. The van der Waals surface area contributed by atoms with E-state index in [-0.39, 0.29) is 11.9 Å². The van der Waals surface area contributed by atoms with Gasteiger partial charge in [0.1, 0.15) is 11.6 Å². The van der Waals surface area contributed by atoms with E-state index in [1.54, 1.807) is 6.07 Å². The van der Waals surface area contributed by atoms with E-state index in [1.165, 1.54) is 31.4 Å². The molecule has 0 spiro atoms. The Morgan fingerprint density at radius 1 is 1.41 bits per heavy atom. The second kappa shape index (κ2) is 5.39. The van der Waals surface area contributed by atoms with Gasteiger partial charge < -0.3 is 10.5 Å². The second-order valence-electron chi connectivity index (χ2n) is 4.86. The van der Waals surface area contributed by atoms with Gasteiger partial charge in [-0.1, -0.05) is 19.8 Å². The van der Waals surface area contributed by atoms with E-state index in [4.69, 9.17) is 10.5 Å². The van der Waals surface area contributed by atoms with Gasteiger partial charge in [0.05, 0.1) is 11.8 Å². The minimum atomic E-state index is -0.294. The Balaban J connectivity index is 2.02. The van der Waals surface area contributed by atoms with Crippen molar-refractivity contribution in [1.29, 1.82) is 0 Å². The lowest BCUT2D eigenvalue weighted by atomic mass is 9.85. The molecule has 1 aromatic rings. The molecule has 0 saturated heterocycles. The lowest BCUT2D eigenvalue weighted by Crippen LogP contribution is -2.25. The molecular weight excluding hydrogens is 217 g/mol. The molecule has 17 heavy (non-hydrogen) atoms. The highest BCUT2D eigenvalue weighted by molar-refractivity contribution is 5.52. The van der Waals surface area contributed by atoms with Gasteiger partial charge >= 0.3 is 0 Å². The molecule has 1 fully saturated rings. The lowest BCUT2D eigenvalue weighted by Gasteiger charge is -2.29. The third kappa shape index (κ3) is 3.11. The van der Waals surface area contributed by atoms with Gasteiger partial charge in [-0.3, -0.25) is 0 Å². The van der Waals surface area contributed by atoms with Crippen LogP contribution in [0, 0.1) is 11.7 Å². The standard InChI is InChI=1S/C14H20FNO/c1-2-10-4-3-5-12(8-10)17-14-9-11(15)6-7-13(14)16/h6-7,9-10,12H,2-5,8,16H2,1H3. The molecule has 0 aliphatic heterocycles. The first-order valence-corrected chi connectivity index (χ1v) is 6.40. The summed E-state index contributed by atoms with van der Waals surface area (Å²) in [5.41, 5.74) is 6.30. The van der Waals surface area contributed by atoms with Gasteiger partial charge in [-0.15, -0.1) is 0 Å². The largest absolute Gasteiger partial charge is 0.488 e. The molecule has 1 aliphatic rings. The van der Waals surface area contributed by atoms with Crippen molar-refractivity contribution in [2.24, 2.45) is 5.92 Å². The van der Waals surface area contributed by atoms with Gasteiger partial charge in [-0.25, -0.2) is 4.39 Å². The molecule has 1 aliphatic carbocycles. The number of anilines is 1. The third-order valence-electron chi connectivity index (χ3n) is 3.58. The number of hydrogen-bond donors (Lipinski definition) is 1. The van der Waals surface area contributed by atoms with E-state index in [1.807, 2.05) is 0 Å². The van der Waals surface area contributed by atoms with Crippen LogP contribution in [0.25, 0.3) is 0 Å². The van der Waals surface area contributed by atoms with Crippen molar-refractivity contribution >= 4 is 5.69 Å². The molecule has 0 radical (unpaired) electrons. The highest BCUT2D eigenvalue weighted by atomic mass is 19.1. The Kier molecular flexibility index (Phi) is 3.87. The summed E-state index contributed by atoms with van der Waals surface area (Å²) in [5.74, 6) is 0.937. The van der Waals surface area contributed by atoms with Crippen LogP contribution in [-0.4, -0.2) is 6.10 Å². The summed E-state index contributed by atoms with van der Waals surface area (Å²) in [6.07, 6.45) is 5.97. The van der Waals surface area contributed by atoms with Crippen LogP contribution in [0.2, 0.25) is 0 Å². The van der Waals surface area contributed by atoms with Gasteiger partial charge in [0.15, 0.2) is 0 Å². The fraction of sp³-hybridized carbons (Fsp3) is 0.571. The van der Waals surface area contributed by atoms with E-state index in [0.717, 1.165) is 18.8 Å². The average Bonchev–Trinajstić information content (AvgIpc) is 2.34. The monoisotopic (exact) mass is 237 g/mol. The third-order valence-corrected chi connectivity index (χ3v) is 3.58. The molecule has 2 unspecified atom stereocenters. The SMILES string of the molecule is CCC1CCCC(Oc2cc(F)ccc2N)C1. The molecule has 0 heterocycles. The van der Waals surface area contributed by atoms with Crippen LogP contribution in [0.15, 0.2) is 18.2 Å². The fourth-order valence-corrected chi connectivity index (χ4v) is 2.51. The summed E-state index contributed by atoms with van der Waals surface area (Å²) >= 11 is 0. The van der Waals surface area contributed by atoms with Gasteiger partial charge in [0.2, 0.25) is 0 Å². The molecule has 2 N–H and O–H groups in total. The van der Waals surface area contributed by atoms with Crippen LogP contribution in [-0.2, 0) is 0 Å². The molecule has 3 heteroatoms. The zero-order valence-electron chi connectivity index (χ0n) is 10.3. The number of nitrogen functional groups attached to an aromatic ring is 1. The lowest BCUT2D eigenvalue weighted by molar-refractivity contribution is 0.122. The van der Waals surface area contributed by atoms with E-state index in [0.29, 0.717) is 11.4 Å². The van der Waals surface area contributed by atoms with Crippen molar-refractivity contribution < 1.29 is 9.13 Å². The summed E-state index contributed by atoms with van der Waals surface area (Å²) in [7, 11) is 0. The van der Waals surface area contributed by atoms with Crippen molar-refractivity contribution in [2.75, 3.05) is 5.73 Å². The maximum Gasteiger partial charge on any atom is 0.145 e. The number of hydrogen-bond acceptors (Lipinski definition) is 2. The summed E-state index contributed by atoms with van der Waals surface area (Å²) in [6.45, 7) is 2.21.